The molecule has 0 bridgehead atoms. The van der Waals surface area contributed by atoms with E-state index in [2.05, 4.69) is 74.7 Å². The van der Waals surface area contributed by atoms with Crippen molar-refractivity contribution in [1.29, 1.82) is 0 Å². The lowest BCUT2D eigenvalue weighted by atomic mass is 10.0. The molecule has 6 heteroatoms. The Morgan fingerprint density at radius 3 is 1.23 bits per heavy atom. The van der Waals surface area contributed by atoms with E-state index in [1.54, 1.807) is 0 Å². The molecule has 65 heavy (non-hydrogen) atoms. The zero-order valence-corrected chi connectivity index (χ0v) is 43.4. The van der Waals surface area contributed by atoms with Gasteiger partial charge in [-0.05, 0) is 77.0 Å². The molecule has 380 valence electrons. The van der Waals surface area contributed by atoms with Crippen molar-refractivity contribution in [3.63, 3.8) is 0 Å². The summed E-state index contributed by atoms with van der Waals surface area (Å²) >= 11 is 0. The molecule has 0 aromatic rings. The maximum atomic E-state index is 13.2. The van der Waals surface area contributed by atoms with Gasteiger partial charge in [-0.15, -0.1) is 0 Å². The summed E-state index contributed by atoms with van der Waals surface area (Å²) in [6.07, 6.45) is 64.5. The fourth-order valence-electron chi connectivity index (χ4n) is 8.60. The molecule has 6 nitrogen and oxygen atoms in total. The maximum absolute atomic E-state index is 13.2. The second-order valence-corrected chi connectivity index (χ2v) is 19.4. The highest BCUT2D eigenvalue weighted by Gasteiger charge is 2.24. The Morgan fingerprint density at radius 1 is 0.446 bits per heavy atom. The average Bonchev–Trinajstić information content (AvgIpc) is 3.30. The van der Waals surface area contributed by atoms with Crippen molar-refractivity contribution >= 4 is 11.9 Å². The van der Waals surface area contributed by atoms with E-state index in [4.69, 9.17) is 4.74 Å². The van der Waals surface area contributed by atoms with Crippen molar-refractivity contribution in [2.24, 2.45) is 0 Å². The summed E-state index contributed by atoms with van der Waals surface area (Å²) in [7, 11) is 0. The van der Waals surface area contributed by atoms with E-state index in [0.29, 0.717) is 19.3 Å². The first-order valence-corrected chi connectivity index (χ1v) is 28.4. The maximum Gasteiger partial charge on any atom is 0.306 e. The molecule has 0 fully saturated rings. The van der Waals surface area contributed by atoms with Crippen molar-refractivity contribution in [2.45, 2.75) is 309 Å². The molecule has 3 unspecified atom stereocenters. The number of hydrogen-bond acceptors (Lipinski definition) is 5. The normalized spacial score (nSPS) is 13.5. The summed E-state index contributed by atoms with van der Waals surface area (Å²) < 4.78 is 5.94. The molecule has 0 aromatic carbocycles. The molecule has 0 aliphatic heterocycles. The van der Waals surface area contributed by atoms with Crippen LogP contribution < -0.4 is 5.32 Å². The van der Waals surface area contributed by atoms with Crippen molar-refractivity contribution in [3.8, 4) is 0 Å². The highest BCUT2D eigenvalue weighted by atomic mass is 16.5. The predicted octanol–water partition coefficient (Wildman–Crippen LogP) is 17.4. The quantitative estimate of drug-likeness (QED) is 0.0245. The van der Waals surface area contributed by atoms with Crippen LogP contribution in [0.15, 0.2) is 48.6 Å². The minimum Gasteiger partial charge on any atom is -0.462 e. The fourth-order valence-corrected chi connectivity index (χ4v) is 8.60. The zero-order chi connectivity index (χ0) is 47.4. The molecule has 3 N–H and O–H groups in total. The number of nitrogens with one attached hydrogen (secondary N) is 1. The van der Waals surface area contributed by atoms with Gasteiger partial charge in [0.15, 0.2) is 0 Å². The number of aliphatic hydroxyl groups excluding tert-OH is 2. The SMILES string of the molecule is CCCCCCC/C=C/C=C/C=C/CCCCCCCC(=O)OC(CCCCC/C=C/CCCCCCCCC)CC(=O)NC(CO)C(O)CCCCCCCCCCCCCCCC. The lowest BCUT2D eigenvalue weighted by Gasteiger charge is -2.24. The molecule has 0 saturated carbocycles. The Hall–Kier alpha value is -2.18. The van der Waals surface area contributed by atoms with E-state index >= 15 is 0 Å². The predicted molar refractivity (Wildman–Crippen MR) is 282 cm³/mol. The van der Waals surface area contributed by atoms with Crippen LogP contribution in [0.3, 0.4) is 0 Å². The molecule has 0 radical (unpaired) electrons. The van der Waals surface area contributed by atoms with Crippen LogP contribution in [0.4, 0.5) is 0 Å². The summed E-state index contributed by atoms with van der Waals surface area (Å²) in [6.45, 7) is 6.48. The molecule has 1 amide bonds. The third kappa shape index (κ3) is 48.1. The van der Waals surface area contributed by atoms with Gasteiger partial charge in [0.25, 0.3) is 0 Å². The summed E-state index contributed by atoms with van der Waals surface area (Å²) in [5, 5.41) is 23.8. The van der Waals surface area contributed by atoms with E-state index < -0.39 is 18.2 Å². The second-order valence-electron chi connectivity index (χ2n) is 19.4. The number of esters is 1. The molecular formula is C59H109NO5. The minimum atomic E-state index is -0.795. The van der Waals surface area contributed by atoms with Crippen molar-refractivity contribution in [3.05, 3.63) is 48.6 Å². The van der Waals surface area contributed by atoms with E-state index in [1.807, 2.05) is 0 Å². The third-order valence-electron chi connectivity index (χ3n) is 12.9. The van der Waals surface area contributed by atoms with Gasteiger partial charge in [-0.2, -0.15) is 0 Å². The first-order valence-electron chi connectivity index (χ1n) is 28.4. The number of ether oxygens (including phenoxy) is 1. The Labute approximate surface area is 404 Å². The fraction of sp³-hybridized carbons (Fsp3) is 0.831. The number of carbonyl (C=O) groups excluding carboxylic acids is 2. The highest BCUT2D eigenvalue weighted by molar-refractivity contribution is 5.77. The van der Waals surface area contributed by atoms with Gasteiger partial charge in [-0.3, -0.25) is 9.59 Å². The number of rotatable bonds is 51. The van der Waals surface area contributed by atoms with Crippen LogP contribution in [0.25, 0.3) is 0 Å². The van der Waals surface area contributed by atoms with Crippen LogP contribution in [0, 0.1) is 0 Å². The first-order chi connectivity index (χ1) is 32.0. The number of amides is 1. The largest absolute Gasteiger partial charge is 0.462 e. The monoisotopic (exact) mass is 912 g/mol. The van der Waals surface area contributed by atoms with Gasteiger partial charge in [-0.1, -0.05) is 249 Å². The van der Waals surface area contributed by atoms with Crippen molar-refractivity contribution < 1.29 is 24.5 Å². The Balaban J connectivity index is 4.60. The van der Waals surface area contributed by atoms with Crippen LogP contribution in [-0.2, 0) is 14.3 Å². The minimum absolute atomic E-state index is 0.0598. The summed E-state index contributed by atoms with van der Waals surface area (Å²) in [6, 6.07) is -0.711. The molecule has 0 heterocycles. The Bertz CT molecular complexity index is 1110. The molecular weight excluding hydrogens is 803 g/mol. The lowest BCUT2D eigenvalue weighted by Crippen LogP contribution is -2.46. The first kappa shape index (κ1) is 62.8. The smallest absolute Gasteiger partial charge is 0.306 e. The van der Waals surface area contributed by atoms with Crippen LogP contribution in [0.5, 0.6) is 0 Å². The summed E-state index contributed by atoms with van der Waals surface area (Å²) in [4.78, 5) is 26.2. The van der Waals surface area contributed by atoms with Crippen molar-refractivity contribution in [1.82, 2.24) is 5.32 Å². The van der Waals surface area contributed by atoms with Gasteiger partial charge in [-0.25, -0.2) is 0 Å². The van der Waals surface area contributed by atoms with E-state index in [0.717, 1.165) is 89.9 Å². The number of allylic oxidation sites excluding steroid dienone is 8. The van der Waals surface area contributed by atoms with Gasteiger partial charge in [0.1, 0.15) is 6.10 Å². The van der Waals surface area contributed by atoms with Crippen LogP contribution in [0.1, 0.15) is 290 Å². The van der Waals surface area contributed by atoms with Crippen LogP contribution >= 0.6 is 0 Å². The third-order valence-corrected chi connectivity index (χ3v) is 12.9. The Kier molecular flexibility index (Phi) is 51.0. The molecule has 0 saturated heterocycles. The van der Waals surface area contributed by atoms with Gasteiger partial charge < -0.3 is 20.3 Å². The Morgan fingerprint density at radius 2 is 0.800 bits per heavy atom. The molecule has 0 spiro atoms. The molecule has 0 aliphatic rings. The van der Waals surface area contributed by atoms with Gasteiger partial charge in [0, 0.05) is 6.42 Å². The number of unbranched alkanes of at least 4 members (excludes halogenated alkanes) is 33. The van der Waals surface area contributed by atoms with Gasteiger partial charge >= 0.3 is 5.97 Å². The van der Waals surface area contributed by atoms with E-state index in [9.17, 15) is 19.8 Å². The van der Waals surface area contributed by atoms with Gasteiger partial charge in [0.2, 0.25) is 5.91 Å². The standard InChI is InChI=1S/C59H109NO5/c1-4-7-10-13-16-19-22-25-28-29-30-31-34-37-40-43-46-49-52-59(64)65-55(50-47-44-41-38-35-32-26-23-20-17-14-11-8-5-2)53-58(63)60-56(54-61)57(62)51-48-45-42-39-36-33-27-24-21-18-15-12-9-6-3/h22,25,28-32,35,55-57,61-62H,4-21,23-24,26-27,33-34,36-54H2,1-3H3,(H,60,63)/b25-22+,29-28+,31-30+,35-32+. The number of aliphatic hydroxyl groups is 2. The molecule has 3 atom stereocenters. The summed E-state index contributed by atoms with van der Waals surface area (Å²) in [5.41, 5.74) is 0. The molecule has 0 aliphatic carbocycles. The lowest BCUT2D eigenvalue weighted by molar-refractivity contribution is -0.151. The highest BCUT2D eigenvalue weighted by Crippen LogP contribution is 2.18. The average molecular weight is 913 g/mol. The van der Waals surface area contributed by atoms with Gasteiger partial charge in [0.05, 0.1) is 25.2 Å². The van der Waals surface area contributed by atoms with Crippen LogP contribution in [-0.4, -0.2) is 46.9 Å². The second kappa shape index (κ2) is 52.8. The summed E-state index contributed by atoms with van der Waals surface area (Å²) in [5.74, 6) is -0.503. The molecule has 0 rings (SSSR count). The van der Waals surface area contributed by atoms with Crippen LogP contribution in [0.2, 0.25) is 0 Å². The zero-order valence-electron chi connectivity index (χ0n) is 43.4. The van der Waals surface area contributed by atoms with E-state index in [1.165, 1.54) is 154 Å². The molecule has 0 aromatic heterocycles. The topological polar surface area (TPSA) is 95.9 Å². The number of hydrogen-bond donors (Lipinski definition) is 3. The van der Waals surface area contributed by atoms with E-state index in [-0.39, 0.29) is 24.9 Å². The number of carbonyl (C=O) groups is 2. The van der Waals surface area contributed by atoms with Crippen molar-refractivity contribution in [2.75, 3.05) is 6.61 Å².